The third-order valence-corrected chi connectivity index (χ3v) is 4.68. The van der Waals surface area contributed by atoms with Crippen molar-refractivity contribution in [1.82, 2.24) is 0 Å². The number of methoxy groups -OCH3 is 1. The van der Waals surface area contributed by atoms with Crippen LogP contribution in [0.3, 0.4) is 0 Å². The zero-order valence-electron chi connectivity index (χ0n) is 14.0. The second-order valence-corrected chi connectivity index (χ2v) is 6.50. The topological polar surface area (TPSA) is 47.1 Å². The molecule has 0 aliphatic carbocycles. The third kappa shape index (κ3) is 3.74. The molecule has 0 radical (unpaired) electrons. The summed E-state index contributed by atoms with van der Waals surface area (Å²) in [5, 5.41) is 0.767. The highest BCUT2D eigenvalue weighted by Crippen LogP contribution is 2.19. The molecule has 5 nitrogen and oxygen atoms in total. The smallest absolute Gasteiger partial charge is 0.341 e. The monoisotopic (exact) mass is 349 g/mol. The Morgan fingerprint density at radius 2 is 2.08 bits per heavy atom. The highest BCUT2D eigenvalue weighted by atomic mass is 35.5. The SMILES string of the molecule is COC(=O)c1cc(C[NH+]2CCN(c3cccc(Cl)c3)CC2)oc1C. The number of nitrogens with zero attached hydrogens (tertiary/aromatic N) is 1. The number of piperazine rings is 1. The molecule has 1 fully saturated rings. The summed E-state index contributed by atoms with van der Waals surface area (Å²) in [6, 6.07) is 9.78. The average Bonchev–Trinajstić information content (AvgIpc) is 2.95. The number of aryl methyl sites for hydroxylation is 1. The van der Waals surface area contributed by atoms with Crippen LogP contribution in [0.15, 0.2) is 34.7 Å². The number of ether oxygens (including phenoxy) is 1. The van der Waals surface area contributed by atoms with Gasteiger partial charge >= 0.3 is 5.97 Å². The molecule has 1 aliphatic rings. The second-order valence-electron chi connectivity index (χ2n) is 6.07. The van der Waals surface area contributed by atoms with Crippen molar-refractivity contribution < 1.29 is 18.8 Å². The molecule has 2 aromatic rings. The normalized spacial score (nSPS) is 15.5. The molecule has 24 heavy (non-hydrogen) atoms. The minimum absolute atomic E-state index is 0.344. The minimum atomic E-state index is -0.344. The summed E-state index contributed by atoms with van der Waals surface area (Å²) in [6.07, 6.45) is 0. The standard InChI is InChI=1S/C18H21ClN2O3/c1-13-17(18(22)23-2)11-16(24-13)12-20-6-8-21(9-7-20)15-5-3-4-14(19)10-15/h3-5,10-11H,6-9,12H2,1-2H3/p+1. The van der Waals surface area contributed by atoms with Gasteiger partial charge in [-0.05, 0) is 25.1 Å². The van der Waals surface area contributed by atoms with Crippen molar-refractivity contribution in [2.75, 3.05) is 38.2 Å². The number of benzene rings is 1. The summed E-state index contributed by atoms with van der Waals surface area (Å²) >= 11 is 6.07. The third-order valence-electron chi connectivity index (χ3n) is 4.44. The van der Waals surface area contributed by atoms with E-state index < -0.39 is 0 Å². The molecular weight excluding hydrogens is 328 g/mol. The fraction of sp³-hybridized carbons (Fsp3) is 0.389. The van der Waals surface area contributed by atoms with Gasteiger partial charge in [-0.2, -0.15) is 0 Å². The van der Waals surface area contributed by atoms with Crippen molar-refractivity contribution in [1.29, 1.82) is 0 Å². The van der Waals surface area contributed by atoms with Crippen molar-refractivity contribution in [3.8, 4) is 0 Å². The van der Waals surface area contributed by atoms with Crippen LogP contribution < -0.4 is 9.80 Å². The van der Waals surface area contributed by atoms with Gasteiger partial charge in [-0.1, -0.05) is 17.7 Å². The van der Waals surface area contributed by atoms with E-state index >= 15 is 0 Å². The number of carbonyl (C=O) groups is 1. The van der Waals surface area contributed by atoms with Crippen LogP contribution in [-0.4, -0.2) is 39.3 Å². The molecule has 128 valence electrons. The fourth-order valence-electron chi connectivity index (χ4n) is 3.12. The maximum atomic E-state index is 11.7. The Bertz CT molecular complexity index is 721. The van der Waals surface area contributed by atoms with Crippen molar-refractivity contribution >= 4 is 23.3 Å². The Morgan fingerprint density at radius 1 is 1.33 bits per heavy atom. The number of anilines is 1. The van der Waals surface area contributed by atoms with Gasteiger partial charge in [0.2, 0.25) is 0 Å². The van der Waals surface area contributed by atoms with E-state index in [1.165, 1.54) is 17.7 Å². The van der Waals surface area contributed by atoms with E-state index in [9.17, 15) is 4.79 Å². The Hall–Kier alpha value is -1.98. The average molecular weight is 350 g/mol. The first kappa shape index (κ1) is 16.9. The maximum absolute atomic E-state index is 11.7. The van der Waals surface area contributed by atoms with Gasteiger partial charge in [0.1, 0.15) is 17.9 Å². The largest absolute Gasteiger partial charge is 0.465 e. The van der Waals surface area contributed by atoms with Gasteiger partial charge in [0.15, 0.2) is 5.76 Å². The van der Waals surface area contributed by atoms with Crippen LogP contribution in [0.2, 0.25) is 5.02 Å². The van der Waals surface area contributed by atoms with Gasteiger partial charge in [0, 0.05) is 16.8 Å². The quantitative estimate of drug-likeness (QED) is 0.857. The molecule has 0 saturated carbocycles. The molecule has 1 saturated heterocycles. The molecule has 1 aromatic carbocycles. The first-order chi connectivity index (χ1) is 11.6. The van der Waals surface area contributed by atoms with Gasteiger partial charge in [0.05, 0.1) is 33.3 Å². The second kappa shape index (κ2) is 7.28. The predicted octanol–water partition coefficient (Wildman–Crippen LogP) is 1.93. The lowest BCUT2D eigenvalue weighted by Crippen LogP contribution is -3.13. The summed E-state index contributed by atoms with van der Waals surface area (Å²) in [6.45, 7) is 6.54. The summed E-state index contributed by atoms with van der Waals surface area (Å²) in [7, 11) is 1.38. The zero-order chi connectivity index (χ0) is 17.1. The molecule has 2 heterocycles. The molecule has 1 aliphatic heterocycles. The molecule has 3 rings (SSSR count). The molecule has 6 heteroatoms. The van der Waals surface area contributed by atoms with Crippen molar-refractivity contribution in [3.05, 3.63) is 52.4 Å². The zero-order valence-corrected chi connectivity index (χ0v) is 14.7. The van der Waals surface area contributed by atoms with Crippen LogP contribution in [0.1, 0.15) is 21.9 Å². The number of nitrogens with one attached hydrogen (secondary N) is 1. The van der Waals surface area contributed by atoms with Crippen LogP contribution in [0.4, 0.5) is 5.69 Å². The first-order valence-electron chi connectivity index (χ1n) is 8.08. The van der Waals surface area contributed by atoms with Gasteiger partial charge in [-0.15, -0.1) is 0 Å². The molecule has 0 unspecified atom stereocenters. The molecule has 1 aromatic heterocycles. The number of rotatable bonds is 4. The van der Waals surface area contributed by atoms with Gasteiger partial charge in [-0.3, -0.25) is 0 Å². The highest BCUT2D eigenvalue weighted by molar-refractivity contribution is 6.30. The minimum Gasteiger partial charge on any atom is -0.465 e. The van der Waals surface area contributed by atoms with E-state index in [0.29, 0.717) is 11.3 Å². The van der Waals surface area contributed by atoms with Crippen LogP contribution in [0, 0.1) is 6.92 Å². The summed E-state index contributed by atoms with van der Waals surface area (Å²) in [5.41, 5.74) is 1.69. The van der Waals surface area contributed by atoms with Crippen LogP contribution in [0.25, 0.3) is 0 Å². The summed E-state index contributed by atoms with van der Waals surface area (Å²) < 4.78 is 10.5. The number of halogens is 1. The van der Waals surface area contributed by atoms with E-state index in [4.69, 9.17) is 20.8 Å². The van der Waals surface area contributed by atoms with Gasteiger partial charge in [-0.25, -0.2) is 4.79 Å². The first-order valence-corrected chi connectivity index (χ1v) is 8.46. The molecule has 0 bridgehead atoms. The fourth-order valence-corrected chi connectivity index (χ4v) is 3.31. The predicted molar refractivity (Wildman–Crippen MR) is 92.9 cm³/mol. The van der Waals surface area contributed by atoms with Crippen LogP contribution in [-0.2, 0) is 11.3 Å². The van der Waals surface area contributed by atoms with E-state index in [2.05, 4.69) is 11.0 Å². The van der Waals surface area contributed by atoms with Crippen molar-refractivity contribution in [3.63, 3.8) is 0 Å². The van der Waals surface area contributed by atoms with Crippen LogP contribution >= 0.6 is 11.6 Å². The molecule has 0 spiro atoms. The Morgan fingerprint density at radius 3 is 2.75 bits per heavy atom. The molecule has 0 amide bonds. The molecular formula is C18H22ClN2O3+. The molecule has 0 atom stereocenters. The lowest BCUT2D eigenvalue weighted by atomic mass is 10.2. The summed E-state index contributed by atoms with van der Waals surface area (Å²) in [4.78, 5) is 15.5. The number of furan rings is 1. The van der Waals surface area contributed by atoms with Gasteiger partial charge < -0.3 is 19.0 Å². The lowest BCUT2D eigenvalue weighted by Gasteiger charge is -2.33. The highest BCUT2D eigenvalue weighted by Gasteiger charge is 2.23. The number of carbonyl (C=O) groups excluding carboxylic acids is 1. The number of hydrogen-bond donors (Lipinski definition) is 1. The van der Waals surface area contributed by atoms with E-state index in [-0.39, 0.29) is 5.97 Å². The number of esters is 1. The van der Waals surface area contributed by atoms with E-state index in [0.717, 1.165) is 43.5 Å². The molecule has 1 N–H and O–H groups in total. The summed E-state index contributed by atoms with van der Waals surface area (Å²) in [5.74, 6) is 1.11. The van der Waals surface area contributed by atoms with Gasteiger partial charge in [0.25, 0.3) is 0 Å². The number of quaternary nitrogens is 1. The lowest BCUT2D eigenvalue weighted by molar-refractivity contribution is -0.915. The van der Waals surface area contributed by atoms with E-state index in [1.807, 2.05) is 18.2 Å². The van der Waals surface area contributed by atoms with Crippen LogP contribution in [0.5, 0.6) is 0 Å². The maximum Gasteiger partial charge on any atom is 0.341 e. The van der Waals surface area contributed by atoms with E-state index in [1.54, 1.807) is 13.0 Å². The Labute approximate surface area is 146 Å². The van der Waals surface area contributed by atoms with Crippen molar-refractivity contribution in [2.24, 2.45) is 0 Å². The Balaban J connectivity index is 1.59. The Kier molecular flexibility index (Phi) is 5.11. The number of hydrogen-bond acceptors (Lipinski definition) is 4. The van der Waals surface area contributed by atoms with Crippen molar-refractivity contribution in [2.45, 2.75) is 13.5 Å².